The molecule has 0 saturated carbocycles. The summed E-state index contributed by atoms with van der Waals surface area (Å²) in [6.07, 6.45) is 5.26. The first-order chi connectivity index (χ1) is 14.3. The Morgan fingerprint density at radius 3 is 2.37 bits per heavy atom. The van der Waals surface area contributed by atoms with E-state index in [1.54, 1.807) is 6.07 Å². The monoisotopic (exact) mass is 437 g/mol. The molecular weight excluding hydrogens is 401 g/mol. The van der Waals surface area contributed by atoms with Gasteiger partial charge in [-0.3, -0.25) is 4.90 Å². The van der Waals surface area contributed by atoms with Crippen LogP contribution < -0.4 is 4.90 Å². The van der Waals surface area contributed by atoms with Crippen LogP contribution in [-0.2, 0) is 9.63 Å². The first-order valence-electron chi connectivity index (χ1n) is 11.0. The Hall–Kier alpha value is -1.31. The van der Waals surface area contributed by atoms with Crippen LogP contribution in [0.5, 0.6) is 0 Å². The van der Waals surface area contributed by atoms with Crippen LogP contribution in [0.4, 0.5) is 10.1 Å². The molecule has 2 saturated heterocycles. The molecule has 0 bridgehead atoms. The molecular formula is C23H36FN3O2S. The molecule has 3 rings (SSSR count). The van der Waals surface area contributed by atoms with Crippen molar-refractivity contribution in [2.24, 2.45) is 11.3 Å². The fourth-order valence-electron chi connectivity index (χ4n) is 3.99. The number of benzene rings is 1. The van der Waals surface area contributed by atoms with Gasteiger partial charge in [-0.15, -0.1) is 16.8 Å². The molecule has 1 aromatic carbocycles. The fourth-order valence-corrected chi connectivity index (χ4v) is 4.45. The van der Waals surface area contributed by atoms with E-state index in [0.29, 0.717) is 10.8 Å². The lowest BCUT2D eigenvalue weighted by molar-refractivity contribution is -0.206. The minimum absolute atomic E-state index is 0.123. The normalized spacial score (nSPS) is 19.8. The minimum Gasteiger partial charge on any atom is -0.369 e. The molecule has 168 valence electrons. The molecule has 2 heterocycles. The van der Waals surface area contributed by atoms with E-state index in [-0.39, 0.29) is 11.8 Å². The van der Waals surface area contributed by atoms with Crippen molar-refractivity contribution in [3.8, 4) is 0 Å². The molecule has 0 aliphatic carbocycles. The Labute approximate surface area is 184 Å². The predicted molar refractivity (Wildman–Crippen MR) is 121 cm³/mol. The van der Waals surface area contributed by atoms with Crippen LogP contribution in [-0.4, -0.2) is 68.0 Å². The summed E-state index contributed by atoms with van der Waals surface area (Å²) in [5.74, 6) is 0.421. The maximum Gasteiger partial charge on any atom is 0.330 e. The first-order valence-corrected chi connectivity index (χ1v) is 12.3. The number of piperazine rings is 1. The standard InChI is InChI=1S/C23H36FN3O2S/c1-23(2,3)22(28)29-27-11-8-18(9-12-27)7-10-25-13-15-26(16-14-25)19-5-6-21(30-4)20(24)17-19/h5-6,17-18H,7-16H2,1-4H3. The lowest BCUT2D eigenvalue weighted by Crippen LogP contribution is -2.47. The Morgan fingerprint density at radius 2 is 1.80 bits per heavy atom. The number of hydrogen-bond donors (Lipinski definition) is 0. The Kier molecular flexibility index (Phi) is 8.04. The predicted octanol–water partition coefficient (Wildman–Crippen LogP) is 4.28. The highest BCUT2D eigenvalue weighted by Gasteiger charge is 2.28. The van der Waals surface area contributed by atoms with E-state index in [2.05, 4.69) is 9.80 Å². The highest BCUT2D eigenvalue weighted by atomic mass is 32.2. The molecule has 0 spiro atoms. The Balaban J connectivity index is 1.35. The van der Waals surface area contributed by atoms with Crippen molar-refractivity contribution in [2.75, 3.05) is 57.0 Å². The average molecular weight is 438 g/mol. The molecule has 0 amide bonds. The summed E-state index contributed by atoms with van der Waals surface area (Å²) in [4.78, 5) is 23.1. The molecule has 7 heteroatoms. The zero-order valence-corrected chi connectivity index (χ0v) is 19.6. The second-order valence-electron chi connectivity index (χ2n) is 9.44. The van der Waals surface area contributed by atoms with Gasteiger partial charge >= 0.3 is 5.97 Å². The second kappa shape index (κ2) is 10.3. The molecule has 0 aromatic heterocycles. The van der Waals surface area contributed by atoms with Gasteiger partial charge in [0.1, 0.15) is 5.82 Å². The molecule has 0 radical (unpaired) electrons. The maximum atomic E-state index is 14.1. The van der Waals surface area contributed by atoms with Gasteiger partial charge in [-0.2, -0.15) is 0 Å². The van der Waals surface area contributed by atoms with Crippen molar-refractivity contribution in [3.63, 3.8) is 0 Å². The third kappa shape index (κ3) is 6.34. The van der Waals surface area contributed by atoms with Crippen LogP contribution in [0.25, 0.3) is 0 Å². The molecule has 2 fully saturated rings. The van der Waals surface area contributed by atoms with Crippen LogP contribution in [0.2, 0.25) is 0 Å². The van der Waals surface area contributed by atoms with Crippen LogP contribution in [0, 0.1) is 17.2 Å². The number of anilines is 1. The number of rotatable bonds is 6. The van der Waals surface area contributed by atoms with E-state index in [1.807, 2.05) is 44.2 Å². The van der Waals surface area contributed by atoms with E-state index in [9.17, 15) is 9.18 Å². The smallest absolute Gasteiger partial charge is 0.330 e. The van der Waals surface area contributed by atoms with Crippen LogP contribution in [0.1, 0.15) is 40.0 Å². The topological polar surface area (TPSA) is 36.0 Å². The van der Waals surface area contributed by atoms with E-state index in [4.69, 9.17) is 4.84 Å². The maximum absolute atomic E-state index is 14.1. The van der Waals surface area contributed by atoms with Crippen molar-refractivity contribution < 1.29 is 14.0 Å². The van der Waals surface area contributed by atoms with Gasteiger partial charge in [0, 0.05) is 49.9 Å². The zero-order chi connectivity index (χ0) is 21.7. The van der Waals surface area contributed by atoms with Gasteiger partial charge < -0.3 is 9.74 Å². The number of piperidine rings is 1. The molecule has 1 aromatic rings. The average Bonchev–Trinajstić information content (AvgIpc) is 2.73. The summed E-state index contributed by atoms with van der Waals surface area (Å²) in [6.45, 7) is 12.4. The van der Waals surface area contributed by atoms with Crippen LogP contribution in [0.3, 0.4) is 0 Å². The SMILES string of the molecule is CSc1ccc(N2CCN(CCC3CCN(OC(=O)C(C)(C)C)CC3)CC2)cc1F. The lowest BCUT2D eigenvalue weighted by atomic mass is 9.94. The Bertz CT molecular complexity index is 709. The highest BCUT2D eigenvalue weighted by molar-refractivity contribution is 7.98. The minimum atomic E-state index is -0.457. The zero-order valence-electron chi connectivity index (χ0n) is 18.8. The molecule has 0 atom stereocenters. The van der Waals surface area contributed by atoms with Gasteiger partial charge in [-0.05, 0) is 77.0 Å². The largest absolute Gasteiger partial charge is 0.369 e. The first kappa shape index (κ1) is 23.4. The number of thioether (sulfide) groups is 1. The molecule has 30 heavy (non-hydrogen) atoms. The number of carbonyl (C=O) groups is 1. The van der Waals surface area contributed by atoms with Crippen LogP contribution >= 0.6 is 11.8 Å². The number of nitrogens with zero attached hydrogens (tertiary/aromatic N) is 3. The van der Waals surface area contributed by atoms with E-state index < -0.39 is 5.41 Å². The van der Waals surface area contributed by atoms with Gasteiger partial charge in [0.15, 0.2) is 0 Å². The highest BCUT2D eigenvalue weighted by Crippen LogP contribution is 2.26. The number of halogens is 1. The lowest BCUT2D eigenvalue weighted by Gasteiger charge is -2.37. The fraction of sp³-hybridized carbons (Fsp3) is 0.696. The summed E-state index contributed by atoms with van der Waals surface area (Å²) in [5.41, 5.74) is 0.531. The molecule has 2 aliphatic rings. The molecule has 0 N–H and O–H groups in total. The van der Waals surface area contributed by atoms with Crippen LogP contribution in [0.15, 0.2) is 23.1 Å². The third-order valence-corrected chi connectivity index (χ3v) is 6.90. The summed E-state index contributed by atoms with van der Waals surface area (Å²) >= 11 is 1.45. The molecule has 2 aliphatic heterocycles. The van der Waals surface area contributed by atoms with Gasteiger partial charge in [-0.25, -0.2) is 9.18 Å². The number of hydroxylamine groups is 2. The number of hydrogen-bond acceptors (Lipinski definition) is 6. The molecule has 0 unspecified atom stereocenters. The van der Waals surface area contributed by atoms with Gasteiger partial charge in [0.05, 0.1) is 5.41 Å². The second-order valence-corrected chi connectivity index (χ2v) is 10.3. The van der Waals surface area contributed by atoms with Crippen molar-refractivity contribution in [1.29, 1.82) is 0 Å². The van der Waals surface area contributed by atoms with Gasteiger partial charge in [0.2, 0.25) is 0 Å². The third-order valence-electron chi connectivity index (χ3n) is 6.12. The quantitative estimate of drug-likeness (QED) is 0.619. The van der Waals surface area contributed by atoms with Gasteiger partial charge in [-0.1, -0.05) is 0 Å². The molecule has 5 nitrogen and oxygen atoms in total. The van der Waals surface area contributed by atoms with E-state index in [1.165, 1.54) is 18.2 Å². The summed E-state index contributed by atoms with van der Waals surface area (Å²) in [7, 11) is 0. The van der Waals surface area contributed by atoms with E-state index in [0.717, 1.165) is 64.3 Å². The van der Waals surface area contributed by atoms with Crippen molar-refractivity contribution in [3.05, 3.63) is 24.0 Å². The Morgan fingerprint density at radius 1 is 1.13 bits per heavy atom. The van der Waals surface area contributed by atoms with E-state index >= 15 is 0 Å². The van der Waals surface area contributed by atoms with Crippen molar-refractivity contribution in [2.45, 2.75) is 44.9 Å². The summed E-state index contributed by atoms with van der Waals surface area (Å²) < 4.78 is 14.1. The summed E-state index contributed by atoms with van der Waals surface area (Å²) in [6, 6.07) is 5.58. The number of carbonyl (C=O) groups excluding carboxylic acids is 1. The van der Waals surface area contributed by atoms with Crippen molar-refractivity contribution in [1.82, 2.24) is 9.96 Å². The summed E-state index contributed by atoms with van der Waals surface area (Å²) in [5, 5.41) is 1.84. The van der Waals surface area contributed by atoms with Crippen molar-refractivity contribution >= 4 is 23.4 Å². The van der Waals surface area contributed by atoms with Gasteiger partial charge in [0.25, 0.3) is 0 Å².